The first-order chi connectivity index (χ1) is 15.0. The fourth-order valence-electron chi connectivity index (χ4n) is 3.32. The first kappa shape index (κ1) is 23.7. The molecule has 1 heterocycles. The van der Waals surface area contributed by atoms with Gasteiger partial charge < -0.3 is 9.80 Å². The minimum Gasteiger partial charge on any atom is -0.368 e. The summed E-state index contributed by atoms with van der Waals surface area (Å²) in [6.45, 7) is 4.30. The summed E-state index contributed by atoms with van der Waals surface area (Å²) in [5.41, 5.74) is -0.355. The lowest BCUT2D eigenvalue weighted by molar-refractivity contribution is -0.137. The number of hydrogen-bond donors (Lipinski definition) is 1. The summed E-state index contributed by atoms with van der Waals surface area (Å²) in [6.07, 6.45) is -3.15. The van der Waals surface area contributed by atoms with E-state index in [2.05, 4.69) is 11.3 Å². The van der Waals surface area contributed by atoms with Crippen LogP contribution in [0.3, 0.4) is 0 Å². The summed E-state index contributed by atoms with van der Waals surface area (Å²) in [7, 11) is -4.17. The summed E-state index contributed by atoms with van der Waals surface area (Å²) >= 11 is 0. The highest BCUT2D eigenvalue weighted by Gasteiger charge is 2.31. The Labute approximate surface area is 183 Å². The molecule has 0 atom stereocenters. The van der Waals surface area contributed by atoms with Crippen molar-refractivity contribution in [3.8, 4) is 0 Å². The van der Waals surface area contributed by atoms with Crippen LogP contribution in [-0.2, 0) is 16.2 Å². The topological polar surface area (TPSA) is 69.7 Å². The van der Waals surface area contributed by atoms with Crippen molar-refractivity contribution in [2.24, 2.45) is 0 Å². The van der Waals surface area contributed by atoms with Crippen LogP contribution in [0.4, 0.5) is 23.2 Å². The van der Waals surface area contributed by atoms with E-state index in [0.717, 1.165) is 24.3 Å². The zero-order chi connectivity index (χ0) is 23.5. The van der Waals surface area contributed by atoms with Gasteiger partial charge in [-0.1, -0.05) is 12.1 Å². The van der Waals surface area contributed by atoms with Crippen molar-refractivity contribution in [1.29, 1.82) is 0 Å². The van der Waals surface area contributed by atoms with Crippen molar-refractivity contribution in [2.75, 3.05) is 37.6 Å². The number of anilines is 1. The monoisotopic (exact) mass is 471 g/mol. The standard InChI is InChI=1S/C21H21F4N3O3S/c1-2-8-26-32(30,31)19-13-15(6-7-18(19)22)20(29)28-11-9-27(10-12-28)17-5-3-4-16(14-17)21(23,24)25/h2-7,13-14,26H,1,8-12H2. The van der Waals surface area contributed by atoms with Gasteiger partial charge in [-0.25, -0.2) is 17.5 Å². The molecule has 0 spiro atoms. The van der Waals surface area contributed by atoms with Gasteiger partial charge in [-0.15, -0.1) is 6.58 Å². The number of halogens is 4. The smallest absolute Gasteiger partial charge is 0.368 e. The Bertz CT molecular complexity index is 1110. The number of carbonyl (C=O) groups excluding carboxylic acids is 1. The molecule has 1 amide bonds. The highest BCUT2D eigenvalue weighted by atomic mass is 32.2. The molecule has 0 bridgehead atoms. The molecule has 1 fully saturated rings. The van der Waals surface area contributed by atoms with E-state index in [0.29, 0.717) is 18.8 Å². The fourth-order valence-corrected chi connectivity index (χ4v) is 4.42. The molecule has 1 N–H and O–H groups in total. The number of carbonyl (C=O) groups is 1. The molecule has 0 unspecified atom stereocenters. The molecule has 0 saturated carbocycles. The van der Waals surface area contributed by atoms with E-state index in [1.165, 1.54) is 23.1 Å². The van der Waals surface area contributed by atoms with Gasteiger partial charge in [0.1, 0.15) is 10.7 Å². The van der Waals surface area contributed by atoms with Gasteiger partial charge in [0.25, 0.3) is 5.91 Å². The van der Waals surface area contributed by atoms with Gasteiger partial charge in [0, 0.05) is 44.0 Å². The second-order valence-electron chi connectivity index (χ2n) is 7.11. The van der Waals surface area contributed by atoms with E-state index in [1.54, 1.807) is 11.0 Å². The van der Waals surface area contributed by atoms with Gasteiger partial charge in [-0.2, -0.15) is 13.2 Å². The van der Waals surface area contributed by atoms with Crippen molar-refractivity contribution in [1.82, 2.24) is 9.62 Å². The normalized spacial score (nSPS) is 15.0. The minimum absolute atomic E-state index is 0.00195. The number of amides is 1. The molecular formula is C21H21F4N3O3S. The number of alkyl halides is 3. The van der Waals surface area contributed by atoms with Gasteiger partial charge in [-0.05, 0) is 36.4 Å². The maximum Gasteiger partial charge on any atom is 0.416 e. The molecule has 11 heteroatoms. The highest BCUT2D eigenvalue weighted by Crippen LogP contribution is 2.32. The Hall–Kier alpha value is -2.92. The lowest BCUT2D eigenvalue weighted by Crippen LogP contribution is -2.48. The van der Waals surface area contributed by atoms with Gasteiger partial charge >= 0.3 is 6.18 Å². The van der Waals surface area contributed by atoms with Crippen LogP contribution in [-0.4, -0.2) is 51.9 Å². The van der Waals surface area contributed by atoms with Crippen LogP contribution in [0, 0.1) is 5.82 Å². The summed E-state index contributed by atoms with van der Waals surface area (Å²) in [4.78, 5) is 15.4. The summed E-state index contributed by atoms with van der Waals surface area (Å²) in [5.74, 6) is -1.48. The quantitative estimate of drug-likeness (QED) is 0.519. The molecule has 1 aliphatic rings. The third kappa shape index (κ3) is 5.28. The second kappa shape index (κ2) is 9.29. The van der Waals surface area contributed by atoms with E-state index in [-0.39, 0.29) is 25.2 Å². The van der Waals surface area contributed by atoms with E-state index in [9.17, 15) is 30.8 Å². The van der Waals surface area contributed by atoms with Crippen molar-refractivity contribution >= 4 is 21.6 Å². The van der Waals surface area contributed by atoms with Crippen LogP contribution in [0.1, 0.15) is 15.9 Å². The zero-order valence-corrected chi connectivity index (χ0v) is 17.7. The zero-order valence-electron chi connectivity index (χ0n) is 16.9. The largest absolute Gasteiger partial charge is 0.416 e. The van der Waals surface area contributed by atoms with E-state index < -0.39 is 38.4 Å². The number of hydrogen-bond acceptors (Lipinski definition) is 4. The molecule has 172 valence electrons. The molecule has 6 nitrogen and oxygen atoms in total. The van der Waals surface area contributed by atoms with Crippen molar-refractivity contribution < 1.29 is 30.8 Å². The lowest BCUT2D eigenvalue weighted by atomic mass is 10.1. The van der Waals surface area contributed by atoms with Crippen LogP contribution >= 0.6 is 0 Å². The number of nitrogens with one attached hydrogen (secondary N) is 1. The van der Waals surface area contributed by atoms with Crippen LogP contribution < -0.4 is 9.62 Å². The van der Waals surface area contributed by atoms with Crippen molar-refractivity contribution in [3.63, 3.8) is 0 Å². The average molecular weight is 471 g/mol. The highest BCUT2D eigenvalue weighted by molar-refractivity contribution is 7.89. The molecule has 1 saturated heterocycles. The predicted octanol–water partition coefficient (Wildman–Crippen LogP) is 3.27. The summed E-state index contributed by atoms with van der Waals surface area (Å²) in [6, 6.07) is 8.04. The molecule has 32 heavy (non-hydrogen) atoms. The maximum atomic E-state index is 14.1. The third-order valence-corrected chi connectivity index (χ3v) is 6.43. The number of piperazine rings is 1. The number of benzene rings is 2. The lowest BCUT2D eigenvalue weighted by Gasteiger charge is -2.36. The van der Waals surface area contributed by atoms with E-state index in [4.69, 9.17) is 0 Å². The van der Waals surface area contributed by atoms with Crippen LogP contribution in [0.15, 0.2) is 60.0 Å². The minimum atomic E-state index is -4.45. The van der Waals surface area contributed by atoms with Crippen LogP contribution in [0.2, 0.25) is 0 Å². The Morgan fingerprint density at radius 1 is 1.09 bits per heavy atom. The van der Waals surface area contributed by atoms with E-state index in [1.807, 2.05) is 0 Å². The third-order valence-electron chi connectivity index (χ3n) is 4.99. The molecule has 0 radical (unpaired) electrons. The molecule has 1 aliphatic heterocycles. The molecule has 0 aromatic heterocycles. The Kier molecular flexibility index (Phi) is 6.89. The maximum absolute atomic E-state index is 14.1. The Balaban J connectivity index is 1.72. The predicted molar refractivity (Wildman–Crippen MR) is 111 cm³/mol. The average Bonchev–Trinajstić information content (AvgIpc) is 2.77. The fraction of sp³-hybridized carbons (Fsp3) is 0.286. The van der Waals surface area contributed by atoms with Gasteiger partial charge in [0.2, 0.25) is 10.0 Å². The number of rotatable bonds is 6. The first-order valence-electron chi connectivity index (χ1n) is 9.64. The Morgan fingerprint density at radius 3 is 2.41 bits per heavy atom. The second-order valence-corrected chi connectivity index (χ2v) is 8.85. The van der Waals surface area contributed by atoms with Crippen molar-refractivity contribution in [2.45, 2.75) is 11.1 Å². The molecular weight excluding hydrogens is 450 g/mol. The Morgan fingerprint density at radius 2 is 1.78 bits per heavy atom. The van der Waals surface area contributed by atoms with Gasteiger partial charge in [0.15, 0.2) is 0 Å². The first-order valence-corrected chi connectivity index (χ1v) is 11.1. The van der Waals surface area contributed by atoms with E-state index >= 15 is 0 Å². The number of sulfonamides is 1. The number of nitrogens with zero attached hydrogens (tertiary/aromatic N) is 2. The summed E-state index contributed by atoms with van der Waals surface area (Å²) < 4.78 is 79.6. The SMILES string of the molecule is C=CCNS(=O)(=O)c1cc(C(=O)N2CCN(c3cccc(C(F)(F)F)c3)CC2)ccc1F. The molecule has 2 aromatic rings. The van der Waals surface area contributed by atoms with Gasteiger partial charge in [-0.3, -0.25) is 4.79 Å². The van der Waals surface area contributed by atoms with Crippen LogP contribution in [0.25, 0.3) is 0 Å². The molecule has 2 aromatic carbocycles. The van der Waals surface area contributed by atoms with Crippen LogP contribution in [0.5, 0.6) is 0 Å². The molecule has 0 aliphatic carbocycles. The molecule has 3 rings (SSSR count). The van der Waals surface area contributed by atoms with Gasteiger partial charge in [0.05, 0.1) is 5.56 Å². The summed E-state index contributed by atoms with van der Waals surface area (Å²) in [5, 5.41) is 0. The van der Waals surface area contributed by atoms with Crippen molar-refractivity contribution in [3.05, 3.63) is 72.1 Å².